The van der Waals surface area contributed by atoms with Crippen molar-refractivity contribution < 1.29 is 19.2 Å². The molecule has 30 heavy (non-hydrogen) atoms. The number of hydrogen-bond donors (Lipinski definition) is 0. The van der Waals surface area contributed by atoms with Crippen molar-refractivity contribution in [2.24, 2.45) is 17.8 Å². The normalized spacial score (nSPS) is 23.4. The van der Waals surface area contributed by atoms with Gasteiger partial charge in [0.1, 0.15) is 6.54 Å². The lowest BCUT2D eigenvalue weighted by molar-refractivity contribution is -0.154. The SMILES string of the molecule is C[C@@H]1CC[C@H]2C(=O)N(N(CC(=O)c3cccs3)C(=O)c3ccccc3Cl)C(=O)[C@H]2C1. The highest BCUT2D eigenvalue weighted by atomic mass is 35.5. The number of amides is 3. The van der Waals surface area contributed by atoms with Crippen LogP contribution < -0.4 is 0 Å². The van der Waals surface area contributed by atoms with Crippen LogP contribution in [0.2, 0.25) is 5.02 Å². The number of carbonyl (C=O) groups is 4. The summed E-state index contributed by atoms with van der Waals surface area (Å²) in [5.74, 6) is -2.34. The molecule has 1 saturated carbocycles. The molecule has 156 valence electrons. The molecular weight excluding hydrogens is 424 g/mol. The second kappa shape index (κ2) is 8.32. The maximum absolute atomic E-state index is 13.4. The third-order valence-corrected chi connectivity index (χ3v) is 7.07. The van der Waals surface area contributed by atoms with Gasteiger partial charge in [0, 0.05) is 0 Å². The van der Waals surface area contributed by atoms with Gasteiger partial charge in [-0.3, -0.25) is 19.2 Å². The van der Waals surface area contributed by atoms with E-state index >= 15 is 0 Å². The number of hydrazine groups is 1. The maximum Gasteiger partial charge on any atom is 0.274 e. The summed E-state index contributed by atoms with van der Waals surface area (Å²) in [4.78, 5) is 53.0. The number of thiophene rings is 1. The van der Waals surface area contributed by atoms with E-state index in [1.54, 1.807) is 35.7 Å². The highest BCUT2D eigenvalue weighted by Gasteiger charge is 2.52. The molecule has 2 fully saturated rings. The van der Waals surface area contributed by atoms with E-state index in [9.17, 15) is 19.2 Å². The molecule has 1 saturated heterocycles. The lowest BCUT2D eigenvalue weighted by Gasteiger charge is -2.30. The van der Waals surface area contributed by atoms with Gasteiger partial charge in [0.05, 0.1) is 27.3 Å². The topological polar surface area (TPSA) is 74.8 Å². The van der Waals surface area contributed by atoms with Crippen molar-refractivity contribution in [2.45, 2.75) is 26.2 Å². The summed E-state index contributed by atoms with van der Waals surface area (Å²) in [6, 6.07) is 9.80. The van der Waals surface area contributed by atoms with E-state index in [0.29, 0.717) is 23.6 Å². The number of hydrogen-bond acceptors (Lipinski definition) is 5. The van der Waals surface area contributed by atoms with Crippen molar-refractivity contribution in [3.63, 3.8) is 0 Å². The van der Waals surface area contributed by atoms with E-state index < -0.39 is 36.1 Å². The van der Waals surface area contributed by atoms with Gasteiger partial charge in [-0.2, -0.15) is 5.01 Å². The Balaban J connectivity index is 1.70. The fourth-order valence-corrected chi connectivity index (χ4v) is 5.14. The number of halogens is 1. The molecule has 2 aromatic rings. The molecule has 0 unspecified atom stereocenters. The molecule has 1 aromatic heterocycles. The second-order valence-electron chi connectivity index (χ2n) is 7.86. The minimum atomic E-state index is -0.640. The molecule has 1 aromatic carbocycles. The van der Waals surface area contributed by atoms with Gasteiger partial charge in [-0.25, -0.2) is 5.01 Å². The molecule has 8 heteroatoms. The first-order valence-electron chi connectivity index (χ1n) is 9.89. The average Bonchev–Trinajstić information content (AvgIpc) is 3.34. The van der Waals surface area contributed by atoms with Crippen molar-refractivity contribution in [3.8, 4) is 0 Å². The molecule has 1 aliphatic heterocycles. The number of fused-ring (bicyclic) bond motifs is 1. The van der Waals surface area contributed by atoms with Crippen LogP contribution in [0.3, 0.4) is 0 Å². The molecule has 0 radical (unpaired) electrons. The lowest BCUT2D eigenvalue weighted by atomic mass is 9.76. The summed E-state index contributed by atoms with van der Waals surface area (Å²) in [5.41, 5.74) is 0.141. The zero-order valence-corrected chi connectivity index (χ0v) is 18.0. The quantitative estimate of drug-likeness (QED) is 0.514. The largest absolute Gasteiger partial charge is 0.291 e. The number of rotatable bonds is 5. The summed E-state index contributed by atoms with van der Waals surface area (Å²) >= 11 is 7.45. The van der Waals surface area contributed by atoms with E-state index in [0.717, 1.165) is 16.4 Å². The standard InChI is InChI=1S/C22H21ClN2O4S/c1-13-8-9-14-16(11-13)22(29)25(21(14)28)24(12-18(26)19-7-4-10-30-19)20(27)15-5-2-3-6-17(15)23/h2-7,10,13-14,16H,8-9,11-12H2,1H3/t13-,14-,16+/m1/s1. The average molecular weight is 445 g/mol. The van der Waals surface area contributed by atoms with E-state index in [-0.39, 0.29) is 16.4 Å². The van der Waals surface area contributed by atoms with Crippen LogP contribution in [0.1, 0.15) is 46.2 Å². The minimum Gasteiger partial charge on any atom is -0.291 e. The minimum absolute atomic E-state index is 0.141. The smallest absolute Gasteiger partial charge is 0.274 e. The van der Waals surface area contributed by atoms with Crippen molar-refractivity contribution in [1.82, 2.24) is 10.0 Å². The predicted octanol–water partition coefficient (Wildman–Crippen LogP) is 4.06. The first-order valence-corrected chi connectivity index (χ1v) is 11.1. The van der Waals surface area contributed by atoms with Crippen LogP contribution in [0.25, 0.3) is 0 Å². The summed E-state index contributed by atoms with van der Waals surface area (Å²) in [5, 5.41) is 3.85. The molecule has 2 aliphatic rings. The van der Waals surface area contributed by atoms with Gasteiger partial charge in [-0.1, -0.05) is 36.7 Å². The molecule has 0 N–H and O–H groups in total. The van der Waals surface area contributed by atoms with Gasteiger partial charge < -0.3 is 0 Å². The van der Waals surface area contributed by atoms with Gasteiger partial charge in [-0.05, 0) is 48.8 Å². The van der Waals surface area contributed by atoms with Gasteiger partial charge in [-0.15, -0.1) is 11.3 Å². The number of benzene rings is 1. The Morgan fingerprint density at radius 2 is 1.83 bits per heavy atom. The summed E-state index contributed by atoms with van der Waals surface area (Å²) in [6.07, 6.45) is 2.08. The monoisotopic (exact) mass is 444 g/mol. The molecular formula is C22H21ClN2O4S. The molecule has 3 amide bonds. The zero-order valence-electron chi connectivity index (χ0n) is 16.4. The lowest BCUT2D eigenvalue weighted by Crippen LogP contribution is -2.52. The molecule has 4 rings (SSSR count). The van der Waals surface area contributed by atoms with E-state index in [1.165, 1.54) is 17.4 Å². The van der Waals surface area contributed by atoms with Crippen molar-refractivity contribution in [3.05, 3.63) is 57.2 Å². The molecule has 1 aliphatic carbocycles. The van der Waals surface area contributed by atoms with Gasteiger partial charge >= 0.3 is 0 Å². The molecule has 0 spiro atoms. The maximum atomic E-state index is 13.4. The molecule has 6 nitrogen and oxygen atoms in total. The number of carbonyl (C=O) groups excluding carboxylic acids is 4. The highest BCUT2D eigenvalue weighted by molar-refractivity contribution is 7.12. The number of ketones is 1. The fourth-order valence-electron chi connectivity index (χ4n) is 4.27. The molecule has 3 atom stereocenters. The van der Waals surface area contributed by atoms with E-state index in [2.05, 4.69) is 6.92 Å². The third kappa shape index (κ3) is 3.68. The Kier molecular flexibility index (Phi) is 5.75. The van der Waals surface area contributed by atoms with E-state index in [4.69, 9.17) is 11.6 Å². The number of nitrogens with zero attached hydrogens (tertiary/aromatic N) is 2. The summed E-state index contributed by atoms with van der Waals surface area (Å²) in [7, 11) is 0. The molecule has 0 bridgehead atoms. The van der Waals surface area contributed by atoms with Gasteiger partial charge in [0.25, 0.3) is 17.7 Å². The van der Waals surface area contributed by atoms with Crippen molar-refractivity contribution in [1.29, 1.82) is 0 Å². The Labute approximate surface area is 183 Å². The van der Waals surface area contributed by atoms with E-state index in [1.807, 2.05) is 0 Å². The Morgan fingerprint density at radius 1 is 1.10 bits per heavy atom. The highest BCUT2D eigenvalue weighted by Crippen LogP contribution is 2.41. The van der Waals surface area contributed by atoms with Gasteiger partial charge in [0.2, 0.25) is 0 Å². The van der Waals surface area contributed by atoms with Crippen LogP contribution in [0.15, 0.2) is 41.8 Å². The second-order valence-corrected chi connectivity index (χ2v) is 9.22. The van der Waals surface area contributed by atoms with Crippen LogP contribution in [0.4, 0.5) is 0 Å². The number of imide groups is 1. The zero-order chi connectivity index (χ0) is 21.4. The Bertz CT molecular complexity index is 1010. The molecule has 2 heterocycles. The Hall–Kier alpha value is -2.51. The third-order valence-electron chi connectivity index (χ3n) is 5.83. The van der Waals surface area contributed by atoms with Crippen LogP contribution in [0, 0.1) is 17.8 Å². The van der Waals surface area contributed by atoms with Crippen molar-refractivity contribution >= 4 is 46.4 Å². The van der Waals surface area contributed by atoms with Crippen LogP contribution in [-0.2, 0) is 9.59 Å². The van der Waals surface area contributed by atoms with Crippen molar-refractivity contribution in [2.75, 3.05) is 6.54 Å². The van der Waals surface area contributed by atoms with Gasteiger partial charge in [0.15, 0.2) is 5.78 Å². The first kappa shape index (κ1) is 20.8. The first-order chi connectivity index (χ1) is 14.4. The van der Waals surface area contributed by atoms with Crippen LogP contribution >= 0.6 is 22.9 Å². The summed E-state index contributed by atoms with van der Waals surface area (Å²) < 4.78 is 0. The van der Waals surface area contributed by atoms with Crippen LogP contribution in [-0.4, -0.2) is 40.1 Å². The Morgan fingerprint density at radius 3 is 2.53 bits per heavy atom. The number of Topliss-reactive ketones (excluding diaryl/α,β-unsaturated/α-hetero) is 1. The predicted molar refractivity (Wildman–Crippen MR) is 113 cm³/mol. The van der Waals surface area contributed by atoms with Crippen LogP contribution in [0.5, 0.6) is 0 Å². The fraction of sp³-hybridized carbons (Fsp3) is 0.364. The summed E-state index contributed by atoms with van der Waals surface area (Å²) in [6.45, 7) is 1.65.